The highest BCUT2D eigenvalue weighted by Crippen LogP contribution is 2.36. The molecule has 0 aliphatic heterocycles. The van der Waals surface area contributed by atoms with Gasteiger partial charge in [0.25, 0.3) is 9.05 Å². The van der Waals surface area contributed by atoms with E-state index in [1.54, 1.807) is 0 Å². The molecule has 10 heteroatoms. The molecule has 0 N–H and O–H groups in total. The molecule has 0 amide bonds. The van der Waals surface area contributed by atoms with Crippen molar-refractivity contribution >= 4 is 31.3 Å². The summed E-state index contributed by atoms with van der Waals surface area (Å²) in [6.07, 6.45) is 0. The van der Waals surface area contributed by atoms with Crippen molar-refractivity contribution in [2.24, 2.45) is 0 Å². The molecule has 0 fully saturated rings. The second-order valence-electron chi connectivity index (χ2n) is 4.04. The highest BCUT2D eigenvalue weighted by molar-refractivity contribution is 8.13. The Bertz CT molecular complexity index is 884. The average molecular weight is 377 g/mol. The van der Waals surface area contributed by atoms with Crippen molar-refractivity contribution < 1.29 is 30.4 Å². The van der Waals surface area contributed by atoms with Crippen molar-refractivity contribution in [2.75, 3.05) is 0 Å². The number of rotatable bonds is 2. The highest BCUT2D eigenvalue weighted by atomic mass is 35.7. The SMILES string of the molecule is O=S(=O)(Cl)c1cc(-c2c(F)cc(F)c(F)c2F)c(F)cc1Cl. The van der Waals surface area contributed by atoms with E-state index in [0.717, 1.165) is 0 Å². The molecule has 22 heavy (non-hydrogen) atoms. The maximum atomic E-state index is 13.8. The Morgan fingerprint density at radius 2 is 1.41 bits per heavy atom. The van der Waals surface area contributed by atoms with Crippen molar-refractivity contribution in [3.63, 3.8) is 0 Å². The first-order valence-electron chi connectivity index (χ1n) is 5.31. The molecule has 2 aromatic rings. The quantitative estimate of drug-likeness (QED) is 0.331. The Morgan fingerprint density at radius 1 is 0.818 bits per heavy atom. The Labute approximate surface area is 130 Å². The van der Waals surface area contributed by atoms with Gasteiger partial charge in [0.05, 0.1) is 10.6 Å². The molecule has 0 unspecified atom stereocenters. The molecular formula is C12H3Cl2F5O2S. The van der Waals surface area contributed by atoms with Crippen molar-refractivity contribution in [1.29, 1.82) is 0 Å². The fraction of sp³-hybridized carbons (Fsp3) is 0. The van der Waals surface area contributed by atoms with Crippen LogP contribution in [0, 0.1) is 29.1 Å². The molecule has 0 atom stereocenters. The molecular weight excluding hydrogens is 374 g/mol. The fourth-order valence-corrected chi connectivity index (χ4v) is 3.23. The molecule has 0 spiro atoms. The van der Waals surface area contributed by atoms with Gasteiger partial charge in [-0.15, -0.1) is 0 Å². The Balaban J connectivity index is 2.88. The van der Waals surface area contributed by atoms with E-state index in [2.05, 4.69) is 0 Å². The van der Waals surface area contributed by atoms with Crippen LogP contribution in [0.3, 0.4) is 0 Å². The van der Waals surface area contributed by atoms with Gasteiger partial charge in [-0.1, -0.05) is 11.6 Å². The Morgan fingerprint density at radius 3 is 1.95 bits per heavy atom. The van der Waals surface area contributed by atoms with Crippen LogP contribution in [0.25, 0.3) is 11.1 Å². The van der Waals surface area contributed by atoms with Crippen LogP contribution in [0.15, 0.2) is 23.1 Å². The van der Waals surface area contributed by atoms with Crippen LogP contribution in [0.4, 0.5) is 22.0 Å². The smallest absolute Gasteiger partial charge is 0.207 e. The van der Waals surface area contributed by atoms with Crippen molar-refractivity contribution in [3.05, 3.63) is 52.3 Å². The van der Waals surface area contributed by atoms with E-state index in [1.165, 1.54) is 0 Å². The summed E-state index contributed by atoms with van der Waals surface area (Å²) >= 11 is 5.48. The van der Waals surface area contributed by atoms with Crippen molar-refractivity contribution in [2.45, 2.75) is 4.90 Å². The molecule has 0 heterocycles. The van der Waals surface area contributed by atoms with Gasteiger partial charge in [-0.2, -0.15) is 0 Å². The molecule has 0 aromatic heterocycles. The molecule has 118 valence electrons. The van der Waals surface area contributed by atoms with Crippen LogP contribution in [0.5, 0.6) is 0 Å². The lowest BCUT2D eigenvalue weighted by Crippen LogP contribution is -2.02. The monoisotopic (exact) mass is 376 g/mol. The van der Waals surface area contributed by atoms with Crippen molar-refractivity contribution in [1.82, 2.24) is 0 Å². The van der Waals surface area contributed by atoms with E-state index in [1.807, 2.05) is 0 Å². The lowest BCUT2D eigenvalue weighted by atomic mass is 10.0. The standard InChI is InChI=1S/C12H3Cl2F5O2S/c13-5-2-6(15)4(1-9(5)22(14,20)21)10-7(16)3-8(17)11(18)12(10)19/h1-3H. The van der Waals surface area contributed by atoms with E-state index < -0.39 is 59.2 Å². The summed E-state index contributed by atoms with van der Waals surface area (Å²) in [6, 6.07) is 0.863. The maximum Gasteiger partial charge on any atom is 0.262 e. The van der Waals surface area contributed by atoms with Crippen molar-refractivity contribution in [3.8, 4) is 11.1 Å². The summed E-state index contributed by atoms with van der Waals surface area (Å²) in [5.41, 5.74) is -2.26. The van der Waals surface area contributed by atoms with Crippen LogP contribution in [-0.2, 0) is 9.05 Å². The minimum absolute atomic E-state index is 0.00331. The lowest BCUT2D eigenvalue weighted by molar-refractivity contribution is 0.436. The van der Waals surface area contributed by atoms with E-state index >= 15 is 0 Å². The lowest BCUT2D eigenvalue weighted by Gasteiger charge is -2.10. The summed E-state index contributed by atoms with van der Waals surface area (Å²) < 4.78 is 89.8. The third-order valence-electron chi connectivity index (χ3n) is 2.67. The molecule has 0 bridgehead atoms. The molecule has 0 aliphatic rings. The Kier molecular flexibility index (Phi) is 4.38. The van der Waals surface area contributed by atoms with E-state index in [0.29, 0.717) is 12.1 Å². The molecule has 0 radical (unpaired) electrons. The molecule has 2 nitrogen and oxygen atoms in total. The predicted molar refractivity (Wildman–Crippen MR) is 69.7 cm³/mol. The summed E-state index contributed by atoms with van der Waals surface area (Å²) in [4.78, 5) is -0.837. The van der Waals surface area contributed by atoms with Gasteiger partial charge in [-0.3, -0.25) is 0 Å². The normalized spacial score (nSPS) is 11.8. The first-order valence-corrected chi connectivity index (χ1v) is 8.00. The summed E-state index contributed by atoms with van der Waals surface area (Å²) in [7, 11) is 0.592. The predicted octanol–water partition coefficient (Wildman–Crippen LogP) is 4.63. The highest BCUT2D eigenvalue weighted by Gasteiger charge is 2.25. The summed E-state index contributed by atoms with van der Waals surface area (Å²) in [5, 5.41) is -0.639. The number of halogens is 7. The number of hydrogen-bond donors (Lipinski definition) is 0. The number of benzene rings is 2. The van der Waals surface area contributed by atoms with Crippen LogP contribution < -0.4 is 0 Å². The van der Waals surface area contributed by atoms with Gasteiger partial charge in [-0.25, -0.2) is 30.4 Å². The van der Waals surface area contributed by atoms with E-state index in [-0.39, 0.29) is 6.07 Å². The van der Waals surface area contributed by atoms with Crippen LogP contribution >= 0.6 is 22.3 Å². The molecule has 2 aromatic carbocycles. The molecule has 2 rings (SSSR count). The van der Waals surface area contributed by atoms with Crippen LogP contribution in [0.1, 0.15) is 0 Å². The largest absolute Gasteiger partial charge is 0.262 e. The third-order valence-corrected chi connectivity index (χ3v) is 4.45. The number of hydrogen-bond acceptors (Lipinski definition) is 2. The first-order chi connectivity index (χ1) is 10.0. The first kappa shape index (κ1) is 17.0. The van der Waals surface area contributed by atoms with Crippen LogP contribution in [-0.4, -0.2) is 8.42 Å². The zero-order chi connectivity index (χ0) is 16.8. The van der Waals surface area contributed by atoms with Gasteiger partial charge in [0.15, 0.2) is 17.5 Å². The summed E-state index contributed by atoms with van der Waals surface area (Å²) in [6.45, 7) is 0. The fourth-order valence-electron chi connectivity index (χ4n) is 1.72. The zero-order valence-electron chi connectivity index (χ0n) is 10.1. The van der Waals surface area contributed by atoms with Gasteiger partial charge in [0.1, 0.15) is 16.5 Å². The van der Waals surface area contributed by atoms with Gasteiger partial charge >= 0.3 is 0 Å². The van der Waals surface area contributed by atoms with E-state index in [9.17, 15) is 30.4 Å². The second-order valence-corrected chi connectivity index (χ2v) is 6.99. The molecule has 0 aliphatic carbocycles. The Hall–Kier alpha value is -1.38. The topological polar surface area (TPSA) is 34.1 Å². The summed E-state index contributed by atoms with van der Waals surface area (Å²) in [5.74, 6) is -8.86. The van der Waals surface area contributed by atoms with Gasteiger partial charge in [0.2, 0.25) is 0 Å². The van der Waals surface area contributed by atoms with Gasteiger partial charge in [-0.05, 0) is 12.1 Å². The minimum atomic E-state index is -4.46. The second kappa shape index (κ2) is 5.68. The van der Waals surface area contributed by atoms with Gasteiger partial charge in [0, 0.05) is 22.3 Å². The van der Waals surface area contributed by atoms with E-state index in [4.69, 9.17) is 22.3 Å². The van der Waals surface area contributed by atoms with Gasteiger partial charge < -0.3 is 0 Å². The third kappa shape index (κ3) is 2.90. The zero-order valence-corrected chi connectivity index (χ0v) is 12.4. The van der Waals surface area contributed by atoms with Crippen LogP contribution in [0.2, 0.25) is 5.02 Å². The molecule has 0 saturated heterocycles. The minimum Gasteiger partial charge on any atom is -0.207 e. The molecule has 0 saturated carbocycles. The average Bonchev–Trinajstić information content (AvgIpc) is 2.37. The maximum absolute atomic E-state index is 13.8.